The van der Waals surface area contributed by atoms with Gasteiger partial charge in [0.15, 0.2) is 0 Å². The monoisotopic (exact) mass is 218 g/mol. The Bertz CT molecular complexity index is 388. The van der Waals surface area contributed by atoms with E-state index in [0.29, 0.717) is 6.07 Å². The van der Waals surface area contributed by atoms with Gasteiger partial charge in [-0.05, 0) is 24.6 Å². The summed E-state index contributed by atoms with van der Waals surface area (Å²) in [6.45, 7) is 1.33. The van der Waals surface area contributed by atoms with E-state index in [1.54, 1.807) is 0 Å². The Kier molecular flexibility index (Phi) is 3.34. The fourth-order valence-corrected chi connectivity index (χ4v) is 1.25. The molecule has 0 heterocycles. The molecule has 1 aromatic carbocycles. The van der Waals surface area contributed by atoms with Crippen molar-refractivity contribution in [3.8, 4) is 0 Å². The van der Waals surface area contributed by atoms with Crippen LogP contribution in [0, 0.1) is 12.7 Å². The van der Waals surface area contributed by atoms with Crippen molar-refractivity contribution in [1.29, 1.82) is 0 Å². The molecule has 0 fully saturated rings. The number of carbonyl (C=O) groups excluding carboxylic acids is 1. The van der Waals surface area contributed by atoms with Crippen molar-refractivity contribution in [2.75, 3.05) is 7.11 Å². The average Bonchev–Trinajstić information content (AvgIpc) is 2.19. The Morgan fingerprint density at radius 2 is 2.00 bits per heavy atom. The van der Waals surface area contributed by atoms with Gasteiger partial charge in [-0.3, -0.25) is 0 Å². The van der Waals surface area contributed by atoms with Crippen LogP contribution in [0.25, 0.3) is 0 Å². The molecular weight excluding hydrogens is 209 g/mol. The number of rotatable bonds is 2. The van der Waals surface area contributed by atoms with E-state index in [1.807, 2.05) is 0 Å². The first kappa shape index (κ1) is 11.6. The predicted octanol–water partition coefficient (Wildman–Crippen LogP) is 2.86. The lowest BCUT2D eigenvalue weighted by atomic mass is 10.0. The minimum atomic E-state index is -2.82. The van der Waals surface area contributed by atoms with Crippen molar-refractivity contribution >= 4 is 5.97 Å². The number of benzene rings is 1. The third kappa shape index (κ3) is 2.29. The Balaban J connectivity index is 3.34. The van der Waals surface area contributed by atoms with E-state index in [1.165, 1.54) is 6.92 Å². The fraction of sp³-hybridized carbons (Fsp3) is 0.300. The largest absolute Gasteiger partial charge is 0.465 e. The molecule has 2 nitrogen and oxygen atoms in total. The summed E-state index contributed by atoms with van der Waals surface area (Å²) in [5.41, 5.74) is -0.624. The highest BCUT2D eigenvalue weighted by Crippen LogP contribution is 2.26. The normalized spacial score (nSPS) is 10.5. The molecule has 0 N–H and O–H groups in total. The van der Waals surface area contributed by atoms with Crippen LogP contribution >= 0.6 is 0 Å². The van der Waals surface area contributed by atoms with Crippen molar-refractivity contribution < 1.29 is 22.7 Å². The van der Waals surface area contributed by atoms with Crippen LogP contribution in [0.15, 0.2) is 12.1 Å². The number of halogens is 3. The summed E-state index contributed by atoms with van der Waals surface area (Å²) in [5, 5.41) is 0. The first-order valence-corrected chi connectivity index (χ1v) is 4.14. The molecule has 0 aromatic heterocycles. The minimum absolute atomic E-state index is 0.0400. The van der Waals surface area contributed by atoms with Gasteiger partial charge in [0.25, 0.3) is 6.43 Å². The summed E-state index contributed by atoms with van der Waals surface area (Å²) in [6.07, 6.45) is -2.82. The molecule has 0 bridgehead atoms. The number of hydrogen-bond donors (Lipinski definition) is 0. The summed E-state index contributed by atoms with van der Waals surface area (Å²) < 4.78 is 42.2. The van der Waals surface area contributed by atoms with Crippen LogP contribution < -0.4 is 0 Å². The lowest BCUT2D eigenvalue weighted by Crippen LogP contribution is -2.07. The standard InChI is InChI=1S/C10H9F3O2/c1-5-7(9(12)13)3-6(11)4-8(5)10(14)15-2/h3-4,9H,1-2H3. The van der Waals surface area contributed by atoms with Crippen LogP contribution in [-0.2, 0) is 4.74 Å². The van der Waals surface area contributed by atoms with Gasteiger partial charge in [0.05, 0.1) is 12.7 Å². The molecule has 1 rings (SSSR count). The summed E-state index contributed by atoms with van der Waals surface area (Å²) in [7, 11) is 1.11. The maximum Gasteiger partial charge on any atom is 0.338 e. The molecule has 0 saturated carbocycles. The molecular formula is C10H9F3O2. The van der Waals surface area contributed by atoms with Crippen molar-refractivity contribution in [3.05, 3.63) is 34.6 Å². The SMILES string of the molecule is COC(=O)c1cc(F)cc(C(F)F)c1C. The number of ether oxygens (including phenoxy) is 1. The van der Waals surface area contributed by atoms with Crippen molar-refractivity contribution in [3.63, 3.8) is 0 Å². The minimum Gasteiger partial charge on any atom is -0.465 e. The molecule has 15 heavy (non-hydrogen) atoms. The van der Waals surface area contributed by atoms with Gasteiger partial charge < -0.3 is 4.74 Å². The summed E-state index contributed by atoms with van der Waals surface area (Å²) in [5.74, 6) is -1.70. The molecule has 0 aliphatic rings. The van der Waals surface area contributed by atoms with Gasteiger partial charge in [-0.15, -0.1) is 0 Å². The van der Waals surface area contributed by atoms with Crippen LogP contribution in [0.4, 0.5) is 13.2 Å². The molecule has 82 valence electrons. The van der Waals surface area contributed by atoms with Crippen molar-refractivity contribution in [2.24, 2.45) is 0 Å². The van der Waals surface area contributed by atoms with Gasteiger partial charge >= 0.3 is 5.97 Å². The molecule has 1 aromatic rings. The second-order valence-corrected chi connectivity index (χ2v) is 2.96. The van der Waals surface area contributed by atoms with Crippen LogP contribution in [0.2, 0.25) is 0 Å². The highest BCUT2D eigenvalue weighted by molar-refractivity contribution is 5.91. The third-order valence-electron chi connectivity index (χ3n) is 2.05. The maximum absolute atomic E-state index is 12.9. The highest BCUT2D eigenvalue weighted by atomic mass is 19.3. The Hall–Kier alpha value is -1.52. The van der Waals surface area contributed by atoms with E-state index in [4.69, 9.17) is 0 Å². The van der Waals surface area contributed by atoms with E-state index >= 15 is 0 Å². The van der Waals surface area contributed by atoms with Gasteiger partial charge in [0.2, 0.25) is 0 Å². The topological polar surface area (TPSA) is 26.3 Å². The van der Waals surface area contributed by atoms with Crippen LogP contribution in [0.1, 0.15) is 27.9 Å². The molecule has 0 radical (unpaired) electrons. The molecule has 5 heteroatoms. The molecule has 0 spiro atoms. The molecule has 0 unspecified atom stereocenters. The average molecular weight is 218 g/mol. The van der Waals surface area contributed by atoms with Crippen LogP contribution in [0.3, 0.4) is 0 Å². The van der Waals surface area contributed by atoms with Gasteiger partial charge in [-0.2, -0.15) is 0 Å². The lowest BCUT2D eigenvalue weighted by Gasteiger charge is -2.09. The van der Waals surface area contributed by atoms with Crippen molar-refractivity contribution in [1.82, 2.24) is 0 Å². The Morgan fingerprint density at radius 1 is 1.40 bits per heavy atom. The zero-order valence-electron chi connectivity index (χ0n) is 8.18. The Labute approximate surface area is 84.7 Å². The first-order valence-electron chi connectivity index (χ1n) is 4.14. The first-order chi connectivity index (χ1) is 6.97. The van der Waals surface area contributed by atoms with Gasteiger partial charge in [0, 0.05) is 5.56 Å². The quantitative estimate of drug-likeness (QED) is 0.713. The Morgan fingerprint density at radius 3 is 2.47 bits per heavy atom. The predicted molar refractivity (Wildman–Crippen MR) is 47.4 cm³/mol. The summed E-state index contributed by atoms with van der Waals surface area (Å²) in [4.78, 5) is 11.1. The third-order valence-corrected chi connectivity index (χ3v) is 2.05. The second kappa shape index (κ2) is 4.33. The van der Waals surface area contributed by atoms with E-state index < -0.39 is 23.8 Å². The molecule has 0 amide bonds. The lowest BCUT2D eigenvalue weighted by molar-refractivity contribution is 0.0598. The van der Waals surface area contributed by atoms with E-state index in [0.717, 1.165) is 13.2 Å². The maximum atomic E-state index is 12.9. The molecule has 0 saturated heterocycles. The van der Waals surface area contributed by atoms with Gasteiger partial charge in [-0.1, -0.05) is 0 Å². The van der Waals surface area contributed by atoms with Crippen molar-refractivity contribution in [2.45, 2.75) is 13.3 Å². The number of alkyl halides is 2. The summed E-state index contributed by atoms with van der Waals surface area (Å²) in [6, 6.07) is 1.60. The summed E-state index contributed by atoms with van der Waals surface area (Å²) >= 11 is 0. The van der Waals surface area contributed by atoms with Gasteiger partial charge in [0.1, 0.15) is 5.82 Å². The van der Waals surface area contributed by atoms with E-state index in [-0.39, 0.29) is 11.1 Å². The highest BCUT2D eigenvalue weighted by Gasteiger charge is 2.19. The smallest absolute Gasteiger partial charge is 0.338 e. The van der Waals surface area contributed by atoms with Gasteiger partial charge in [-0.25, -0.2) is 18.0 Å². The molecule has 0 aliphatic heterocycles. The number of hydrogen-bond acceptors (Lipinski definition) is 2. The van der Waals surface area contributed by atoms with E-state index in [2.05, 4.69) is 4.74 Å². The molecule has 0 aliphatic carbocycles. The van der Waals surface area contributed by atoms with Crippen LogP contribution in [0.5, 0.6) is 0 Å². The number of methoxy groups -OCH3 is 1. The number of carbonyl (C=O) groups is 1. The zero-order valence-corrected chi connectivity index (χ0v) is 8.18. The molecule has 0 atom stereocenters. The van der Waals surface area contributed by atoms with E-state index in [9.17, 15) is 18.0 Å². The van der Waals surface area contributed by atoms with Crippen LogP contribution in [-0.4, -0.2) is 13.1 Å². The zero-order chi connectivity index (χ0) is 11.6. The second-order valence-electron chi connectivity index (χ2n) is 2.96. The fourth-order valence-electron chi connectivity index (χ4n) is 1.25. The number of esters is 1.